The van der Waals surface area contributed by atoms with Crippen molar-refractivity contribution in [1.82, 2.24) is 15.0 Å². The van der Waals surface area contributed by atoms with Crippen molar-refractivity contribution in [2.75, 3.05) is 19.8 Å². The summed E-state index contributed by atoms with van der Waals surface area (Å²) < 4.78 is 10.7. The summed E-state index contributed by atoms with van der Waals surface area (Å²) >= 11 is 1.53. The summed E-state index contributed by atoms with van der Waals surface area (Å²) in [6, 6.07) is 3.49. The third kappa shape index (κ3) is 2.37. The Bertz CT molecular complexity index is 608. The maximum Gasteiger partial charge on any atom is 0.252 e. The van der Waals surface area contributed by atoms with Gasteiger partial charge in [-0.25, -0.2) is 0 Å². The molecule has 0 radical (unpaired) electrons. The van der Waals surface area contributed by atoms with Gasteiger partial charge in [0, 0.05) is 6.54 Å². The molecule has 20 heavy (non-hydrogen) atoms. The molecule has 0 unspecified atom stereocenters. The van der Waals surface area contributed by atoms with E-state index in [2.05, 4.69) is 16.7 Å². The summed E-state index contributed by atoms with van der Waals surface area (Å²) in [5.41, 5.74) is 0. The van der Waals surface area contributed by atoms with Crippen LogP contribution in [0.25, 0.3) is 10.7 Å². The summed E-state index contributed by atoms with van der Waals surface area (Å²) in [4.78, 5) is 18.8. The zero-order chi connectivity index (χ0) is 13.9. The van der Waals surface area contributed by atoms with Gasteiger partial charge in [-0.2, -0.15) is 4.98 Å². The van der Waals surface area contributed by atoms with E-state index >= 15 is 0 Å². The van der Waals surface area contributed by atoms with Crippen molar-refractivity contribution in [1.29, 1.82) is 0 Å². The molecule has 0 saturated carbocycles. The van der Waals surface area contributed by atoms with Gasteiger partial charge < -0.3 is 14.2 Å². The van der Waals surface area contributed by atoms with E-state index in [1.165, 1.54) is 17.4 Å². The van der Waals surface area contributed by atoms with Gasteiger partial charge in [-0.15, -0.1) is 11.3 Å². The molecule has 0 N–H and O–H groups in total. The molecule has 1 aliphatic heterocycles. The molecule has 104 valence electrons. The van der Waals surface area contributed by atoms with E-state index < -0.39 is 0 Å². The summed E-state index contributed by atoms with van der Waals surface area (Å²) in [6.07, 6.45) is 1.29. The number of rotatable bonds is 3. The second-order valence-electron chi connectivity index (χ2n) is 4.26. The van der Waals surface area contributed by atoms with Gasteiger partial charge in [0.25, 0.3) is 5.89 Å². The fourth-order valence-corrected chi connectivity index (χ4v) is 2.71. The van der Waals surface area contributed by atoms with Crippen molar-refractivity contribution in [3.8, 4) is 10.7 Å². The Labute approximate surface area is 119 Å². The molecular formula is C13H13N3O3S. The fourth-order valence-electron chi connectivity index (χ4n) is 2.07. The largest absolute Gasteiger partial charge is 0.377 e. The standard InChI is InChI=1S/C13H13N3O3S/c1-2-11(17)16-5-6-18-8-9(16)13-14-12(15-19-13)10-4-3-7-20-10/h2-4,7,9H,1,5-6,8H2/t9-/m1/s1. The number of carbonyl (C=O) groups excluding carboxylic acids is 1. The molecule has 1 aliphatic rings. The van der Waals surface area contributed by atoms with Crippen LogP contribution in [0, 0.1) is 0 Å². The molecule has 0 spiro atoms. The molecule has 0 aliphatic carbocycles. The summed E-state index contributed by atoms with van der Waals surface area (Å²) in [6.45, 7) is 4.86. The molecular weight excluding hydrogens is 278 g/mol. The van der Waals surface area contributed by atoms with Crippen molar-refractivity contribution in [2.45, 2.75) is 6.04 Å². The van der Waals surface area contributed by atoms with Crippen LogP contribution in [0.15, 0.2) is 34.7 Å². The second-order valence-corrected chi connectivity index (χ2v) is 5.21. The maximum absolute atomic E-state index is 11.9. The minimum atomic E-state index is -0.351. The highest BCUT2D eigenvalue weighted by Gasteiger charge is 2.31. The van der Waals surface area contributed by atoms with Crippen LogP contribution in [0.4, 0.5) is 0 Å². The SMILES string of the molecule is C=CC(=O)N1CCOC[C@@H]1c1nc(-c2cccs2)no1. The van der Waals surface area contributed by atoms with Gasteiger partial charge in [0.05, 0.1) is 18.1 Å². The Morgan fingerprint density at radius 1 is 1.60 bits per heavy atom. The Morgan fingerprint density at radius 2 is 2.50 bits per heavy atom. The van der Waals surface area contributed by atoms with Crippen LogP contribution in [0.3, 0.4) is 0 Å². The lowest BCUT2D eigenvalue weighted by Crippen LogP contribution is -2.42. The van der Waals surface area contributed by atoms with E-state index in [9.17, 15) is 4.79 Å². The van der Waals surface area contributed by atoms with Crippen molar-refractivity contribution < 1.29 is 14.1 Å². The molecule has 1 fully saturated rings. The minimum Gasteiger partial charge on any atom is -0.377 e. The highest BCUT2D eigenvalue weighted by molar-refractivity contribution is 7.13. The molecule has 6 nitrogen and oxygen atoms in total. The molecule has 2 aromatic heterocycles. The highest BCUT2D eigenvalue weighted by atomic mass is 32.1. The number of aromatic nitrogens is 2. The Morgan fingerprint density at radius 3 is 3.25 bits per heavy atom. The number of nitrogens with zero attached hydrogens (tertiary/aromatic N) is 3. The van der Waals surface area contributed by atoms with Crippen molar-refractivity contribution in [3.05, 3.63) is 36.1 Å². The predicted molar refractivity (Wildman–Crippen MR) is 73.1 cm³/mol. The fraction of sp³-hybridized carbons (Fsp3) is 0.308. The molecule has 1 amide bonds. The van der Waals surface area contributed by atoms with Crippen LogP contribution in [-0.4, -0.2) is 40.7 Å². The van der Waals surface area contributed by atoms with E-state index in [4.69, 9.17) is 9.26 Å². The minimum absolute atomic E-state index is 0.158. The van der Waals surface area contributed by atoms with E-state index in [-0.39, 0.29) is 11.9 Å². The Kier molecular flexibility index (Phi) is 3.62. The first-order valence-corrected chi connectivity index (χ1v) is 7.06. The zero-order valence-electron chi connectivity index (χ0n) is 10.7. The smallest absolute Gasteiger partial charge is 0.252 e. The lowest BCUT2D eigenvalue weighted by Gasteiger charge is -2.32. The van der Waals surface area contributed by atoms with E-state index in [1.807, 2.05) is 17.5 Å². The van der Waals surface area contributed by atoms with Crippen LogP contribution >= 0.6 is 11.3 Å². The van der Waals surface area contributed by atoms with Crippen LogP contribution in [-0.2, 0) is 9.53 Å². The molecule has 3 rings (SSSR count). The van der Waals surface area contributed by atoms with E-state index in [1.54, 1.807) is 4.90 Å². The molecule has 0 bridgehead atoms. The first kappa shape index (κ1) is 13.0. The van der Waals surface area contributed by atoms with Gasteiger partial charge in [0.15, 0.2) is 0 Å². The Balaban J connectivity index is 1.87. The monoisotopic (exact) mass is 291 g/mol. The molecule has 7 heteroatoms. The third-order valence-electron chi connectivity index (χ3n) is 3.05. The molecule has 0 aromatic carbocycles. The summed E-state index contributed by atoms with van der Waals surface area (Å²) in [7, 11) is 0. The van der Waals surface area contributed by atoms with Crippen LogP contribution in [0.1, 0.15) is 11.9 Å². The first-order chi connectivity index (χ1) is 9.79. The third-order valence-corrected chi connectivity index (χ3v) is 3.92. The number of amides is 1. The lowest BCUT2D eigenvalue weighted by atomic mass is 10.2. The second kappa shape index (κ2) is 5.56. The van der Waals surface area contributed by atoms with Gasteiger partial charge in [0.1, 0.15) is 6.04 Å². The summed E-state index contributed by atoms with van der Waals surface area (Å²) in [5.74, 6) is 0.768. The average Bonchev–Trinajstić information content (AvgIpc) is 3.17. The topological polar surface area (TPSA) is 68.5 Å². The lowest BCUT2D eigenvalue weighted by molar-refractivity contribution is -0.135. The zero-order valence-corrected chi connectivity index (χ0v) is 11.5. The number of carbonyl (C=O) groups is 1. The highest BCUT2D eigenvalue weighted by Crippen LogP contribution is 2.27. The van der Waals surface area contributed by atoms with Gasteiger partial charge in [-0.1, -0.05) is 17.8 Å². The van der Waals surface area contributed by atoms with Crippen molar-refractivity contribution >= 4 is 17.2 Å². The van der Waals surface area contributed by atoms with Crippen molar-refractivity contribution in [3.63, 3.8) is 0 Å². The van der Waals surface area contributed by atoms with Gasteiger partial charge in [-0.05, 0) is 17.5 Å². The van der Waals surface area contributed by atoms with Gasteiger partial charge >= 0.3 is 0 Å². The van der Waals surface area contributed by atoms with E-state index in [0.717, 1.165) is 4.88 Å². The van der Waals surface area contributed by atoms with Gasteiger partial charge in [-0.3, -0.25) is 4.79 Å². The van der Waals surface area contributed by atoms with Crippen LogP contribution in [0.2, 0.25) is 0 Å². The predicted octanol–water partition coefficient (Wildman–Crippen LogP) is 1.88. The quantitative estimate of drug-likeness (QED) is 0.808. The Hall–Kier alpha value is -1.99. The maximum atomic E-state index is 11.9. The van der Waals surface area contributed by atoms with E-state index in [0.29, 0.717) is 31.5 Å². The molecule has 2 aromatic rings. The first-order valence-electron chi connectivity index (χ1n) is 6.18. The molecule has 1 saturated heterocycles. The molecule has 1 atom stereocenters. The number of ether oxygens (including phenoxy) is 1. The normalized spacial score (nSPS) is 19.0. The number of hydrogen-bond acceptors (Lipinski definition) is 6. The molecule has 3 heterocycles. The van der Waals surface area contributed by atoms with Crippen molar-refractivity contribution in [2.24, 2.45) is 0 Å². The average molecular weight is 291 g/mol. The van der Waals surface area contributed by atoms with Gasteiger partial charge in [0.2, 0.25) is 11.7 Å². The number of morpholine rings is 1. The van der Waals surface area contributed by atoms with Crippen LogP contribution < -0.4 is 0 Å². The van der Waals surface area contributed by atoms with Crippen LogP contribution in [0.5, 0.6) is 0 Å². The summed E-state index contributed by atoms with van der Waals surface area (Å²) in [5, 5.41) is 5.91. The number of hydrogen-bond donors (Lipinski definition) is 0. The number of thiophene rings is 1.